The molecular formula is C26H22N8O2. The van der Waals surface area contributed by atoms with Crippen molar-refractivity contribution in [2.75, 3.05) is 18.4 Å². The molecule has 1 amide bonds. The summed E-state index contributed by atoms with van der Waals surface area (Å²) < 4.78 is 9.56. The van der Waals surface area contributed by atoms with Crippen LogP contribution in [0.3, 0.4) is 0 Å². The number of aromatic nitrogens is 6. The van der Waals surface area contributed by atoms with Crippen molar-refractivity contribution in [2.45, 2.75) is 6.92 Å². The van der Waals surface area contributed by atoms with E-state index in [1.54, 1.807) is 13.9 Å². The molecule has 36 heavy (non-hydrogen) atoms. The molecule has 0 bridgehead atoms. The van der Waals surface area contributed by atoms with Gasteiger partial charge in [0, 0.05) is 42.8 Å². The van der Waals surface area contributed by atoms with Crippen LogP contribution in [0, 0.1) is 6.92 Å². The van der Waals surface area contributed by atoms with Crippen LogP contribution in [-0.4, -0.2) is 53.1 Å². The lowest BCUT2D eigenvalue weighted by Gasteiger charge is -2.14. The minimum absolute atomic E-state index is 0.0847. The first-order valence-electron chi connectivity index (χ1n) is 11.4. The Morgan fingerprint density at radius 2 is 1.92 bits per heavy atom. The highest BCUT2D eigenvalue weighted by Crippen LogP contribution is 2.32. The number of rotatable bonds is 6. The Balaban J connectivity index is 1.26. The van der Waals surface area contributed by atoms with E-state index in [1.165, 1.54) is 18.7 Å². The van der Waals surface area contributed by atoms with E-state index >= 15 is 0 Å². The van der Waals surface area contributed by atoms with Gasteiger partial charge in [0.1, 0.15) is 29.7 Å². The van der Waals surface area contributed by atoms with Crippen molar-refractivity contribution >= 4 is 34.1 Å². The predicted octanol–water partition coefficient (Wildman–Crippen LogP) is 4.03. The number of carbonyl (C=O) groups is 1. The zero-order valence-electron chi connectivity index (χ0n) is 19.5. The first-order chi connectivity index (χ1) is 17.6. The molecule has 0 atom stereocenters. The Hall–Kier alpha value is -4.99. The van der Waals surface area contributed by atoms with Crippen molar-refractivity contribution in [1.82, 2.24) is 34.1 Å². The standard InChI is InChI=1S/C26H22N8O2/c1-3-24(35)32-9-6-18(14-32)21-8-11-34-25(21)26(28-16-30-34)31-19-4-5-22(17(2)12-19)36-20-7-10-33-23(13-20)27-15-29-33/h3-8,10-13,15-16H,1,9,14H2,2H3,(H,28,30,31). The number of nitrogens with zero attached hydrogens (tertiary/aromatic N) is 7. The number of aryl methyl sites for hydroxylation is 1. The Labute approximate surface area is 206 Å². The Morgan fingerprint density at radius 1 is 1.08 bits per heavy atom. The molecule has 0 saturated carbocycles. The molecule has 1 N–H and O–H groups in total. The number of anilines is 2. The number of hydrogen-bond donors (Lipinski definition) is 1. The lowest BCUT2D eigenvalue weighted by Crippen LogP contribution is -2.26. The largest absolute Gasteiger partial charge is 0.457 e. The highest BCUT2D eigenvalue weighted by atomic mass is 16.5. The minimum Gasteiger partial charge on any atom is -0.457 e. The van der Waals surface area contributed by atoms with Gasteiger partial charge in [-0.3, -0.25) is 4.79 Å². The van der Waals surface area contributed by atoms with Crippen molar-refractivity contribution in [3.63, 3.8) is 0 Å². The van der Waals surface area contributed by atoms with E-state index in [0.29, 0.717) is 30.3 Å². The topological polar surface area (TPSA) is 102 Å². The lowest BCUT2D eigenvalue weighted by molar-refractivity contribution is -0.124. The van der Waals surface area contributed by atoms with E-state index in [1.807, 2.05) is 55.7 Å². The Bertz CT molecular complexity index is 1670. The monoisotopic (exact) mass is 478 g/mol. The van der Waals surface area contributed by atoms with Crippen LogP contribution in [0.5, 0.6) is 11.5 Å². The number of fused-ring (bicyclic) bond motifs is 2. The van der Waals surface area contributed by atoms with Gasteiger partial charge in [-0.1, -0.05) is 12.7 Å². The van der Waals surface area contributed by atoms with Gasteiger partial charge < -0.3 is 15.0 Å². The molecule has 6 rings (SSSR count). The molecule has 5 aromatic rings. The smallest absolute Gasteiger partial charge is 0.246 e. The summed E-state index contributed by atoms with van der Waals surface area (Å²) in [7, 11) is 0. The van der Waals surface area contributed by atoms with Crippen LogP contribution in [-0.2, 0) is 4.79 Å². The second kappa shape index (κ2) is 8.66. The fourth-order valence-electron chi connectivity index (χ4n) is 4.32. The molecule has 0 saturated heterocycles. The number of amides is 1. The average Bonchev–Trinajstić information content (AvgIpc) is 3.64. The molecule has 4 aromatic heterocycles. The molecule has 0 spiro atoms. The fourth-order valence-corrected chi connectivity index (χ4v) is 4.32. The molecule has 10 nitrogen and oxygen atoms in total. The summed E-state index contributed by atoms with van der Waals surface area (Å²) in [6, 6.07) is 11.6. The molecule has 0 fully saturated rings. The van der Waals surface area contributed by atoms with Crippen LogP contribution in [0.4, 0.5) is 11.5 Å². The van der Waals surface area contributed by atoms with Crippen molar-refractivity contribution in [1.29, 1.82) is 0 Å². The highest BCUT2D eigenvalue weighted by molar-refractivity contribution is 5.93. The van der Waals surface area contributed by atoms with Crippen LogP contribution < -0.4 is 10.1 Å². The maximum atomic E-state index is 12.0. The van der Waals surface area contributed by atoms with Crippen molar-refractivity contribution in [3.05, 3.63) is 91.3 Å². The van der Waals surface area contributed by atoms with E-state index < -0.39 is 0 Å². The maximum Gasteiger partial charge on any atom is 0.246 e. The van der Waals surface area contributed by atoms with Crippen LogP contribution in [0.15, 0.2) is 80.2 Å². The molecule has 1 aromatic carbocycles. The molecule has 1 aliphatic heterocycles. The molecular weight excluding hydrogens is 456 g/mol. The average molecular weight is 479 g/mol. The van der Waals surface area contributed by atoms with Gasteiger partial charge in [0.05, 0.1) is 0 Å². The zero-order chi connectivity index (χ0) is 24.6. The molecule has 178 valence electrons. The SMILES string of the molecule is C=CC(=O)N1CC=C(c2ccn3ncnc(Nc4ccc(Oc5ccn6ncnc6c5)c(C)c4)c23)C1. The molecule has 1 aliphatic rings. The normalized spacial score (nSPS) is 13.2. The van der Waals surface area contributed by atoms with Crippen LogP contribution >= 0.6 is 0 Å². The van der Waals surface area contributed by atoms with E-state index in [0.717, 1.165) is 33.7 Å². The second-order valence-corrected chi connectivity index (χ2v) is 8.42. The predicted molar refractivity (Wildman–Crippen MR) is 135 cm³/mol. The van der Waals surface area contributed by atoms with Crippen molar-refractivity contribution < 1.29 is 9.53 Å². The van der Waals surface area contributed by atoms with Crippen molar-refractivity contribution in [3.8, 4) is 11.5 Å². The quantitative estimate of drug-likeness (QED) is 0.368. The molecule has 0 aliphatic carbocycles. The summed E-state index contributed by atoms with van der Waals surface area (Å²) in [5, 5.41) is 11.9. The van der Waals surface area contributed by atoms with Gasteiger partial charge in [0.25, 0.3) is 0 Å². The van der Waals surface area contributed by atoms with Crippen molar-refractivity contribution in [2.24, 2.45) is 0 Å². The van der Waals surface area contributed by atoms with Gasteiger partial charge in [-0.2, -0.15) is 10.2 Å². The third-order valence-corrected chi connectivity index (χ3v) is 6.12. The molecule has 0 radical (unpaired) electrons. The summed E-state index contributed by atoms with van der Waals surface area (Å²) in [5.41, 5.74) is 5.42. The summed E-state index contributed by atoms with van der Waals surface area (Å²) in [6.45, 7) is 6.65. The minimum atomic E-state index is -0.0847. The number of pyridine rings is 1. The van der Waals surface area contributed by atoms with Gasteiger partial charge in [0.15, 0.2) is 11.5 Å². The fraction of sp³-hybridized carbons (Fsp3) is 0.115. The van der Waals surface area contributed by atoms with Gasteiger partial charge in [-0.05, 0) is 54.5 Å². The summed E-state index contributed by atoms with van der Waals surface area (Å²) in [6.07, 6.45) is 10.1. The lowest BCUT2D eigenvalue weighted by atomic mass is 10.1. The van der Waals surface area contributed by atoms with Gasteiger partial charge >= 0.3 is 0 Å². The second-order valence-electron chi connectivity index (χ2n) is 8.42. The molecule has 10 heteroatoms. The Morgan fingerprint density at radius 3 is 2.78 bits per heavy atom. The van der Waals surface area contributed by atoms with Crippen LogP contribution in [0.1, 0.15) is 11.1 Å². The van der Waals surface area contributed by atoms with Gasteiger partial charge in [-0.25, -0.2) is 19.0 Å². The van der Waals surface area contributed by atoms with E-state index in [9.17, 15) is 4.79 Å². The third-order valence-electron chi connectivity index (χ3n) is 6.12. The summed E-state index contributed by atoms with van der Waals surface area (Å²) in [5.74, 6) is 2.01. The number of carbonyl (C=O) groups excluding carboxylic acids is 1. The third kappa shape index (κ3) is 3.84. The van der Waals surface area contributed by atoms with Gasteiger partial charge in [-0.15, -0.1) is 0 Å². The summed E-state index contributed by atoms with van der Waals surface area (Å²) in [4.78, 5) is 22.5. The number of benzene rings is 1. The number of hydrogen-bond acceptors (Lipinski definition) is 7. The zero-order valence-corrected chi connectivity index (χ0v) is 19.5. The van der Waals surface area contributed by atoms with E-state index in [4.69, 9.17) is 4.74 Å². The number of nitrogens with one attached hydrogen (secondary N) is 1. The first kappa shape index (κ1) is 21.5. The van der Waals surface area contributed by atoms with E-state index in [2.05, 4.69) is 38.1 Å². The highest BCUT2D eigenvalue weighted by Gasteiger charge is 2.22. The summed E-state index contributed by atoms with van der Waals surface area (Å²) >= 11 is 0. The van der Waals surface area contributed by atoms with Crippen LogP contribution in [0.25, 0.3) is 16.7 Å². The van der Waals surface area contributed by atoms with Crippen LogP contribution in [0.2, 0.25) is 0 Å². The van der Waals surface area contributed by atoms with E-state index in [-0.39, 0.29) is 5.91 Å². The maximum absolute atomic E-state index is 12.0. The Kier molecular flexibility index (Phi) is 5.18. The first-order valence-corrected chi connectivity index (χ1v) is 11.4. The number of ether oxygens (including phenoxy) is 1. The molecule has 0 unspecified atom stereocenters. The molecule has 5 heterocycles. The van der Waals surface area contributed by atoms with Gasteiger partial charge in [0.2, 0.25) is 5.91 Å².